The van der Waals surface area contributed by atoms with Crippen LogP contribution in [-0.2, 0) is 6.54 Å². The van der Waals surface area contributed by atoms with Gasteiger partial charge in [0.25, 0.3) is 0 Å². The number of pyridine rings is 2. The van der Waals surface area contributed by atoms with Crippen molar-refractivity contribution in [3.8, 4) is 11.3 Å². The van der Waals surface area contributed by atoms with Gasteiger partial charge >= 0.3 is 0 Å². The molecule has 0 amide bonds. The number of aromatic nitrogens is 5. The fourth-order valence-electron chi connectivity index (χ4n) is 3.17. The average Bonchev–Trinajstić information content (AvgIpc) is 3.28. The molecule has 0 saturated carbocycles. The molecule has 3 heterocycles. The second kappa shape index (κ2) is 8.98. The van der Waals surface area contributed by atoms with Gasteiger partial charge in [-0.05, 0) is 43.4 Å². The highest BCUT2D eigenvalue weighted by Crippen LogP contribution is 2.24. The van der Waals surface area contributed by atoms with Crippen molar-refractivity contribution in [1.29, 1.82) is 5.41 Å². The molecule has 0 aliphatic rings. The molecule has 8 nitrogen and oxygen atoms in total. The third-order valence-electron chi connectivity index (χ3n) is 4.88. The Morgan fingerprint density at radius 2 is 2.00 bits per heavy atom. The summed E-state index contributed by atoms with van der Waals surface area (Å²) in [5.74, 6) is -2.02. The van der Waals surface area contributed by atoms with Crippen LogP contribution in [0.1, 0.15) is 11.3 Å². The number of likely N-dealkylation sites (N-methyl/N-ethyl adjacent to an activating group) is 1. The molecular formula is C22H20F2N8. The number of nitrogens with two attached hydrogens (primary N) is 1. The lowest BCUT2D eigenvalue weighted by molar-refractivity contribution is 0.508. The third-order valence-corrected chi connectivity index (χ3v) is 4.88. The van der Waals surface area contributed by atoms with Crippen LogP contribution in [-0.4, -0.2) is 44.3 Å². The summed E-state index contributed by atoms with van der Waals surface area (Å²) in [5.41, 5.74) is 9.19. The van der Waals surface area contributed by atoms with Gasteiger partial charge in [0.1, 0.15) is 5.69 Å². The number of halogens is 2. The number of hydrogen-bond acceptors (Lipinski definition) is 7. The lowest BCUT2D eigenvalue weighted by Crippen LogP contribution is -2.15. The molecule has 10 heteroatoms. The first-order valence-electron chi connectivity index (χ1n) is 9.78. The van der Waals surface area contributed by atoms with Crippen molar-refractivity contribution in [2.24, 2.45) is 5.73 Å². The van der Waals surface area contributed by atoms with Crippen molar-refractivity contribution in [3.05, 3.63) is 77.9 Å². The lowest BCUT2D eigenvalue weighted by Gasteiger charge is -2.10. The fourth-order valence-corrected chi connectivity index (χ4v) is 3.17. The topological polar surface area (TPSA) is 118 Å². The Balaban J connectivity index is 1.67. The van der Waals surface area contributed by atoms with E-state index in [0.29, 0.717) is 29.0 Å². The molecule has 3 aromatic heterocycles. The molecular weight excluding hydrogens is 414 g/mol. The number of fused-ring (bicyclic) bond motifs is 1. The monoisotopic (exact) mass is 434 g/mol. The van der Waals surface area contributed by atoms with E-state index in [4.69, 9.17) is 11.1 Å². The first kappa shape index (κ1) is 21.2. The number of nitrogens with zero attached hydrogens (tertiary/aromatic N) is 5. The zero-order valence-corrected chi connectivity index (χ0v) is 17.2. The van der Waals surface area contributed by atoms with Crippen LogP contribution in [0.3, 0.4) is 0 Å². The maximum absolute atomic E-state index is 13.6. The van der Waals surface area contributed by atoms with E-state index in [1.54, 1.807) is 23.0 Å². The summed E-state index contributed by atoms with van der Waals surface area (Å²) in [7, 11) is 1.87. The summed E-state index contributed by atoms with van der Waals surface area (Å²) in [4.78, 5) is 9.02. The lowest BCUT2D eigenvalue weighted by atomic mass is 9.99. The van der Waals surface area contributed by atoms with Gasteiger partial charge in [0.05, 0.1) is 35.2 Å². The van der Waals surface area contributed by atoms with Crippen LogP contribution in [0, 0.1) is 17.0 Å². The van der Waals surface area contributed by atoms with Gasteiger partial charge in [0.15, 0.2) is 11.6 Å². The molecule has 4 rings (SSSR count). The Kier molecular flexibility index (Phi) is 5.95. The minimum Gasteiger partial charge on any atom is -0.404 e. The summed E-state index contributed by atoms with van der Waals surface area (Å²) < 4.78 is 28.6. The number of benzene rings is 1. The normalized spacial score (nSPS) is 11.8. The van der Waals surface area contributed by atoms with Crippen LogP contribution in [0.4, 0.5) is 8.78 Å². The molecule has 0 aliphatic carbocycles. The van der Waals surface area contributed by atoms with E-state index in [2.05, 4.69) is 25.6 Å². The van der Waals surface area contributed by atoms with Gasteiger partial charge in [0, 0.05) is 35.6 Å². The van der Waals surface area contributed by atoms with Gasteiger partial charge in [-0.2, -0.15) is 0 Å². The highest BCUT2D eigenvalue weighted by atomic mass is 19.2. The standard InChI is InChI=1S/C22H20F2N8/c1-27-6-7-32-12-21(30-31-32)14-9-20-19(28-11-14)5-4-18(29-20)15(10-25)22(26)13-2-3-16(23)17(24)8-13/h2-5,8-12,26-27H,6-7,25H2,1H3/b15-10-,26-22?. The Hall–Kier alpha value is -4.05. The molecule has 0 spiro atoms. The first-order chi connectivity index (χ1) is 15.5. The molecule has 0 saturated heterocycles. The van der Waals surface area contributed by atoms with Gasteiger partial charge in [-0.3, -0.25) is 15.1 Å². The molecule has 0 aliphatic heterocycles. The van der Waals surface area contributed by atoms with E-state index in [1.807, 2.05) is 19.3 Å². The van der Waals surface area contributed by atoms with Crippen LogP contribution in [0.25, 0.3) is 27.9 Å². The average molecular weight is 434 g/mol. The Morgan fingerprint density at radius 3 is 2.75 bits per heavy atom. The van der Waals surface area contributed by atoms with Gasteiger partial charge in [0.2, 0.25) is 0 Å². The summed E-state index contributed by atoms with van der Waals surface area (Å²) in [6.45, 7) is 1.45. The number of allylic oxidation sites excluding steroid dienone is 1. The summed E-state index contributed by atoms with van der Waals surface area (Å²) >= 11 is 0. The number of nitrogens with one attached hydrogen (secondary N) is 2. The molecule has 4 aromatic rings. The van der Waals surface area contributed by atoms with Crippen LogP contribution in [0.15, 0.2) is 55.0 Å². The van der Waals surface area contributed by atoms with E-state index < -0.39 is 11.6 Å². The van der Waals surface area contributed by atoms with E-state index in [-0.39, 0.29) is 16.8 Å². The largest absolute Gasteiger partial charge is 0.404 e. The van der Waals surface area contributed by atoms with Crippen LogP contribution in [0.2, 0.25) is 0 Å². The zero-order valence-electron chi connectivity index (χ0n) is 17.2. The Morgan fingerprint density at radius 1 is 1.16 bits per heavy atom. The van der Waals surface area contributed by atoms with Crippen molar-refractivity contribution >= 4 is 22.3 Å². The first-order valence-corrected chi connectivity index (χ1v) is 9.78. The minimum absolute atomic E-state index is 0.0742. The van der Waals surface area contributed by atoms with E-state index >= 15 is 0 Å². The van der Waals surface area contributed by atoms with Crippen LogP contribution >= 0.6 is 0 Å². The smallest absolute Gasteiger partial charge is 0.159 e. The van der Waals surface area contributed by atoms with Crippen molar-refractivity contribution < 1.29 is 8.78 Å². The van der Waals surface area contributed by atoms with E-state index in [9.17, 15) is 8.78 Å². The molecule has 0 fully saturated rings. The van der Waals surface area contributed by atoms with Crippen molar-refractivity contribution in [2.45, 2.75) is 6.54 Å². The summed E-state index contributed by atoms with van der Waals surface area (Å²) in [6.07, 6.45) is 4.75. The van der Waals surface area contributed by atoms with Gasteiger partial charge < -0.3 is 11.1 Å². The molecule has 162 valence electrons. The number of hydrogen-bond donors (Lipinski definition) is 3. The van der Waals surface area contributed by atoms with Crippen LogP contribution < -0.4 is 11.1 Å². The third kappa shape index (κ3) is 4.21. The maximum atomic E-state index is 13.6. The molecule has 4 N–H and O–H groups in total. The number of rotatable bonds is 7. The van der Waals surface area contributed by atoms with Crippen molar-refractivity contribution in [2.75, 3.05) is 13.6 Å². The highest BCUT2D eigenvalue weighted by Gasteiger charge is 2.15. The second-order valence-electron chi connectivity index (χ2n) is 7.01. The van der Waals surface area contributed by atoms with E-state index in [1.165, 1.54) is 12.3 Å². The maximum Gasteiger partial charge on any atom is 0.159 e. The second-order valence-corrected chi connectivity index (χ2v) is 7.01. The van der Waals surface area contributed by atoms with Gasteiger partial charge in [-0.15, -0.1) is 5.10 Å². The summed E-state index contributed by atoms with van der Waals surface area (Å²) in [5, 5.41) is 19.8. The van der Waals surface area contributed by atoms with Gasteiger partial charge in [-0.1, -0.05) is 5.21 Å². The minimum atomic E-state index is -1.04. The fraction of sp³-hybridized carbons (Fsp3) is 0.136. The molecule has 0 atom stereocenters. The van der Waals surface area contributed by atoms with Gasteiger partial charge in [-0.25, -0.2) is 13.8 Å². The predicted octanol–water partition coefficient (Wildman–Crippen LogP) is 2.75. The zero-order chi connectivity index (χ0) is 22.7. The van der Waals surface area contributed by atoms with Crippen molar-refractivity contribution in [1.82, 2.24) is 30.3 Å². The molecule has 0 radical (unpaired) electrons. The quantitative estimate of drug-likeness (QED) is 0.385. The van der Waals surface area contributed by atoms with E-state index in [0.717, 1.165) is 24.2 Å². The van der Waals surface area contributed by atoms with Crippen LogP contribution in [0.5, 0.6) is 0 Å². The van der Waals surface area contributed by atoms with Crippen molar-refractivity contribution in [3.63, 3.8) is 0 Å². The molecule has 32 heavy (non-hydrogen) atoms. The predicted molar refractivity (Wildman–Crippen MR) is 118 cm³/mol. The Labute approximate surface area is 182 Å². The molecule has 1 aromatic carbocycles. The summed E-state index contributed by atoms with van der Waals surface area (Å²) in [6, 6.07) is 8.51. The Bertz CT molecular complexity index is 1330. The SMILES string of the molecule is CNCCn1cc(-c2cnc3ccc(/C(=C/N)C(=N)c4ccc(F)c(F)c4)nc3c2)nn1. The highest BCUT2D eigenvalue weighted by molar-refractivity contribution is 6.30. The molecule has 0 bridgehead atoms. The molecule has 0 unspecified atom stereocenters.